The van der Waals surface area contributed by atoms with Crippen LogP contribution in [0.1, 0.15) is 24.7 Å². The maximum absolute atomic E-state index is 14.2. The number of rotatable bonds is 6. The molecule has 0 aliphatic rings. The number of aromatic nitrogens is 5. The molecule has 4 rings (SSSR count). The first kappa shape index (κ1) is 21.9. The van der Waals surface area contributed by atoms with Gasteiger partial charge in [-0.05, 0) is 30.2 Å². The number of hydrogen-bond acceptors (Lipinski definition) is 8. The lowest BCUT2D eigenvalue weighted by atomic mass is 10.1. The second-order valence-corrected chi connectivity index (χ2v) is 7.31. The summed E-state index contributed by atoms with van der Waals surface area (Å²) in [6, 6.07) is 10.00. The largest absolute Gasteiger partial charge is 0.449 e. The molecular formula is C22H23FN8O2. The summed E-state index contributed by atoms with van der Waals surface area (Å²) in [5, 5.41) is 4.34. The Bertz CT molecular complexity index is 1300. The average molecular weight is 450 g/mol. The summed E-state index contributed by atoms with van der Waals surface area (Å²) in [6.45, 7) is 2.15. The monoisotopic (exact) mass is 450 g/mol. The summed E-state index contributed by atoms with van der Waals surface area (Å²) in [7, 11) is 1.48. The third kappa shape index (κ3) is 4.25. The van der Waals surface area contributed by atoms with Crippen LogP contribution in [0.4, 0.5) is 26.5 Å². The summed E-state index contributed by atoms with van der Waals surface area (Å²) in [4.78, 5) is 26.7. The molecule has 3 heterocycles. The van der Waals surface area contributed by atoms with Crippen LogP contribution >= 0.6 is 0 Å². The van der Waals surface area contributed by atoms with Gasteiger partial charge in [0.05, 0.1) is 12.1 Å². The van der Waals surface area contributed by atoms with Gasteiger partial charge in [-0.25, -0.2) is 28.7 Å². The number of imidazole rings is 1. The topological polar surface area (TPSA) is 138 Å². The number of amides is 1. The van der Waals surface area contributed by atoms with Crippen molar-refractivity contribution < 1.29 is 13.9 Å². The highest BCUT2D eigenvalue weighted by Gasteiger charge is 2.23. The molecule has 3 aromatic heterocycles. The number of nitrogens with two attached hydrogens (primary N) is 2. The molecule has 0 aliphatic heterocycles. The fourth-order valence-corrected chi connectivity index (χ4v) is 3.40. The number of carbonyl (C=O) groups excluding carboxylic acids is 1. The Morgan fingerprint density at radius 3 is 2.55 bits per heavy atom. The van der Waals surface area contributed by atoms with Crippen molar-refractivity contribution in [3.63, 3.8) is 0 Å². The average Bonchev–Trinajstić information content (AvgIpc) is 3.17. The minimum Gasteiger partial charge on any atom is -0.449 e. The predicted octanol–water partition coefficient (Wildman–Crippen LogP) is 3.06. The first-order chi connectivity index (χ1) is 15.9. The van der Waals surface area contributed by atoms with E-state index >= 15 is 0 Å². The molecule has 0 radical (unpaired) electrons. The molecule has 0 saturated carbocycles. The Morgan fingerprint density at radius 1 is 1.12 bits per heavy atom. The van der Waals surface area contributed by atoms with Crippen LogP contribution in [0.15, 0.2) is 42.6 Å². The highest BCUT2D eigenvalue weighted by Crippen LogP contribution is 2.31. The number of halogens is 1. The van der Waals surface area contributed by atoms with Gasteiger partial charge in [0.15, 0.2) is 17.5 Å². The lowest BCUT2D eigenvalue weighted by molar-refractivity contribution is 0.155. The maximum Gasteiger partial charge on any atom is 0.414 e. The van der Waals surface area contributed by atoms with Gasteiger partial charge in [0.2, 0.25) is 0 Å². The molecule has 4 N–H and O–H groups in total. The molecular weight excluding hydrogens is 427 g/mol. The SMILES string of the molecule is CCCOC(=O)N(C)c1c(N)nc(-c2nc(Cc3ccccc3F)n3ncccc23)nc1N. The second kappa shape index (κ2) is 9.07. The number of carbonyl (C=O) groups is 1. The van der Waals surface area contributed by atoms with Crippen LogP contribution in [0, 0.1) is 5.82 Å². The number of nitrogen functional groups attached to an aromatic ring is 2. The normalized spacial score (nSPS) is 11.0. The smallest absolute Gasteiger partial charge is 0.414 e. The third-order valence-electron chi connectivity index (χ3n) is 4.97. The fraction of sp³-hybridized carbons (Fsp3) is 0.227. The fourth-order valence-electron chi connectivity index (χ4n) is 3.40. The first-order valence-electron chi connectivity index (χ1n) is 10.3. The molecule has 0 aliphatic carbocycles. The quantitative estimate of drug-likeness (QED) is 0.457. The molecule has 0 bridgehead atoms. The third-order valence-corrected chi connectivity index (χ3v) is 4.97. The number of fused-ring (bicyclic) bond motifs is 1. The van der Waals surface area contributed by atoms with Gasteiger partial charge in [0, 0.05) is 19.7 Å². The van der Waals surface area contributed by atoms with E-state index in [0.717, 1.165) is 0 Å². The summed E-state index contributed by atoms with van der Waals surface area (Å²) in [5.74, 6) is 0.312. The van der Waals surface area contributed by atoms with Gasteiger partial charge in [0.25, 0.3) is 0 Å². The zero-order valence-electron chi connectivity index (χ0n) is 18.2. The Balaban J connectivity index is 1.75. The van der Waals surface area contributed by atoms with Crippen LogP contribution in [0.2, 0.25) is 0 Å². The summed E-state index contributed by atoms with van der Waals surface area (Å²) in [6.07, 6.45) is 1.87. The van der Waals surface area contributed by atoms with Gasteiger partial charge < -0.3 is 16.2 Å². The lowest BCUT2D eigenvalue weighted by Gasteiger charge is -2.19. The van der Waals surface area contributed by atoms with E-state index in [1.807, 2.05) is 6.92 Å². The van der Waals surface area contributed by atoms with Crippen LogP contribution in [-0.2, 0) is 11.2 Å². The molecule has 0 fully saturated rings. The molecule has 0 unspecified atom stereocenters. The van der Waals surface area contributed by atoms with Crippen molar-refractivity contribution >= 4 is 28.9 Å². The van der Waals surface area contributed by atoms with E-state index in [4.69, 9.17) is 16.2 Å². The molecule has 10 nitrogen and oxygen atoms in total. The van der Waals surface area contributed by atoms with E-state index in [1.54, 1.807) is 41.0 Å². The van der Waals surface area contributed by atoms with Gasteiger partial charge in [-0.3, -0.25) is 4.90 Å². The van der Waals surface area contributed by atoms with E-state index in [1.165, 1.54) is 18.0 Å². The minimum atomic E-state index is -0.615. The molecule has 1 amide bonds. The Hall–Kier alpha value is -4.28. The zero-order chi connectivity index (χ0) is 23.5. The van der Waals surface area contributed by atoms with E-state index in [2.05, 4.69) is 20.1 Å². The van der Waals surface area contributed by atoms with Crippen molar-refractivity contribution in [1.29, 1.82) is 0 Å². The van der Waals surface area contributed by atoms with Crippen LogP contribution < -0.4 is 16.4 Å². The van der Waals surface area contributed by atoms with Gasteiger partial charge in [0.1, 0.15) is 23.0 Å². The van der Waals surface area contributed by atoms with Gasteiger partial charge in [-0.1, -0.05) is 25.1 Å². The van der Waals surface area contributed by atoms with E-state index < -0.39 is 6.09 Å². The molecule has 0 spiro atoms. The van der Waals surface area contributed by atoms with Crippen molar-refractivity contribution in [2.24, 2.45) is 0 Å². The molecule has 11 heteroatoms. The van der Waals surface area contributed by atoms with E-state index in [-0.39, 0.29) is 42.0 Å². The summed E-state index contributed by atoms with van der Waals surface area (Å²) in [5.41, 5.74) is 13.9. The Morgan fingerprint density at radius 2 is 1.85 bits per heavy atom. The van der Waals surface area contributed by atoms with Crippen LogP contribution in [0.25, 0.3) is 17.0 Å². The highest BCUT2D eigenvalue weighted by molar-refractivity contribution is 5.95. The van der Waals surface area contributed by atoms with Gasteiger partial charge in [-0.15, -0.1) is 0 Å². The van der Waals surface area contributed by atoms with Crippen molar-refractivity contribution in [2.75, 3.05) is 30.0 Å². The number of ether oxygens (including phenoxy) is 1. The molecule has 170 valence electrons. The van der Waals surface area contributed by atoms with Crippen LogP contribution in [-0.4, -0.2) is 44.3 Å². The number of benzene rings is 1. The standard InChI is InChI=1S/C22H23FN8O2/c1-3-11-33-22(32)30(2)18-19(24)28-21(29-20(18)25)17-15-9-6-10-26-31(15)16(27-17)12-13-7-4-5-8-14(13)23/h4-10H,3,11-12H2,1-2H3,(H4,24,25,28,29). The van der Waals surface area contributed by atoms with Crippen molar-refractivity contribution in [3.8, 4) is 11.5 Å². The number of anilines is 3. The molecule has 33 heavy (non-hydrogen) atoms. The predicted molar refractivity (Wildman–Crippen MR) is 122 cm³/mol. The Labute approximate surface area is 189 Å². The van der Waals surface area contributed by atoms with Crippen LogP contribution in [0.3, 0.4) is 0 Å². The summed E-state index contributed by atoms with van der Waals surface area (Å²) < 4.78 is 20.9. The minimum absolute atomic E-state index is 0.00542. The van der Waals surface area contributed by atoms with Crippen molar-refractivity contribution in [1.82, 2.24) is 24.6 Å². The highest BCUT2D eigenvalue weighted by atomic mass is 19.1. The van der Waals surface area contributed by atoms with E-state index in [0.29, 0.717) is 29.0 Å². The van der Waals surface area contributed by atoms with Crippen molar-refractivity contribution in [2.45, 2.75) is 19.8 Å². The van der Waals surface area contributed by atoms with Gasteiger partial charge >= 0.3 is 6.09 Å². The second-order valence-electron chi connectivity index (χ2n) is 7.31. The van der Waals surface area contributed by atoms with Crippen LogP contribution in [0.5, 0.6) is 0 Å². The molecule has 1 aromatic carbocycles. The lowest BCUT2D eigenvalue weighted by Crippen LogP contribution is -2.29. The number of hydrogen-bond donors (Lipinski definition) is 2. The molecule has 0 saturated heterocycles. The molecule has 0 atom stereocenters. The zero-order valence-corrected chi connectivity index (χ0v) is 18.2. The molecule has 4 aromatic rings. The van der Waals surface area contributed by atoms with Gasteiger partial charge in [-0.2, -0.15) is 5.10 Å². The summed E-state index contributed by atoms with van der Waals surface area (Å²) >= 11 is 0. The maximum atomic E-state index is 14.2. The Kier molecular flexibility index (Phi) is 6.03. The number of nitrogens with zero attached hydrogens (tertiary/aromatic N) is 6. The van der Waals surface area contributed by atoms with Crippen molar-refractivity contribution in [3.05, 3.63) is 59.8 Å². The van der Waals surface area contributed by atoms with E-state index in [9.17, 15) is 9.18 Å². The first-order valence-corrected chi connectivity index (χ1v) is 10.3.